The molecule has 104 valence electrons. The minimum Gasteiger partial charge on any atom is -0.377 e. The first-order valence-corrected chi connectivity index (χ1v) is 8.49. The van der Waals surface area contributed by atoms with Gasteiger partial charge in [-0.1, -0.05) is 42.3 Å². The van der Waals surface area contributed by atoms with Crippen LogP contribution in [0, 0.1) is 3.57 Å². The van der Waals surface area contributed by atoms with Gasteiger partial charge in [0.1, 0.15) is 0 Å². The topological polar surface area (TPSA) is 12.0 Å². The third-order valence-electron chi connectivity index (χ3n) is 3.88. The second kappa shape index (κ2) is 6.35. The molecule has 1 atom stereocenters. The quantitative estimate of drug-likeness (QED) is 0.497. The highest BCUT2D eigenvalue weighted by Crippen LogP contribution is 2.34. The zero-order chi connectivity index (χ0) is 13.9. The van der Waals surface area contributed by atoms with Gasteiger partial charge >= 0.3 is 0 Å². The molecule has 1 nitrogen and oxygen atoms in total. The Morgan fingerprint density at radius 1 is 1.10 bits per heavy atom. The van der Waals surface area contributed by atoms with E-state index in [9.17, 15) is 0 Å². The maximum absolute atomic E-state index is 6.35. The molecule has 0 bridgehead atoms. The maximum Gasteiger partial charge on any atom is 0.0648 e. The molecule has 0 fully saturated rings. The summed E-state index contributed by atoms with van der Waals surface area (Å²) in [6.07, 6.45) is 4.89. The zero-order valence-electron chi connectivity index (χ0n) is 11.2. The van der Waals surface area contributed by atoms with Gasteiger partial charge in [0, 0.05) is 3.57 Å². The highest BCUT2D eigenvalue weighted by Gasteiger charge is 2.18. The van der Waals surface area contributed by atoms with Crippen molar-refractivity contribution in [1.29, 1.82) is 0 Å². The van der Waals surface area contributed by atoms with Crippen molar-refractivity contribution in [3.05, 3.63) is 62.2 Å². The molecule has 1 unspecified atom stereocenters. The Labute approximate surface area is 138 Å². The third-order valence-corrected chi connectivity index (χ3v) is 4.86. The monoisotopic (exact) mass is 397 g/mol. The molecular formula is C17H17ClIN. The van der Waals surface area contributed by atoms with Crippen molar-refractivity contribution in [2.45, 2.75) is 31.7 Å². The molecular weight excluding hydrogens is 381 g/mol. The molecule has 0 heterocycles. The van der Waals surface area contributed by atoms with Crippen LogP contribution in [0.4, 0.5) is 5.69 Å². The zero-order valence-corrected chi connectivity index (χ0v) is 14.1. The summed E-state index contributed by atoms with van der Waals surface area (Å²) in [4.78, 5) is 0. The average Bonchev–Trinajstić information content (AvgIpc) is 2.65. The van der Waals surface area contributed by atoms with Crippen molar-refractivity contribution < 1.29 is 0 Å². The van der Waals surface area contributed by atoms with Crippen molar-refractivity contribution in [3.63, 3.8) is 0 Å². The first-order valence-electron chi connectivity index (χ1n) is 7.03. The lowest BCUT2D eigenvalue weighted by molar-refractivity contribution is 0.644. The normalized spacial score (nSPS) is 18.2. The van der Waals surface area contributed by atoms with E-state index in [-0.39, 0.29) is 0 Å². The van der Waals surface area contributed by atoms with Gasteiger partial charge in [-0.15, -0.1) is 0 Å². The Hall–Kier alpha value is -0.740. The van der Waals surface area contributed by atoms with Gasteiger partial charge in [0.25, 0.3) is 0 Å². The van der Waals surface area contributed by atoms with Gasteiger partial charge in [0.15, 0.2) is 0 Å². The van der Waals surface area contributed by atoms with Crippen LogP contribution in [0.15, 0.2) is 42.5 Å². The van der Waals surface area contributed by atoms with Crippen LogP contribution in [-0.4, -0.2) is 0 Å². The molecule has 1 N–H and O–H groups in total. The second-order valence-electron chi connectivity index (χ2n) is 5.27. The summed E-state index contributed by atoms with van der Waals surface area (Å²) in [7, 11) is 0. The fraction of sp³-hybridized carbons (Fsp3) is 0.294. The molecule has 2 aromatic carbocycles. The third kappa shape index (κ3) is 3.12. The number of aryl methyl sites for hydroxylation is 1. The number of rotatable bonds is 2. The largest absolute Gasteiger partial charge is 0.377 e. The van der Waals surface area contributed by atoms with Crippen molar-refractivity contribution in [2.75, 3.05) is 5.32 Å². The Balaban J connectivity index is 1.90. The highest BCUT2D eigenvalue weighted by molar-refractivity contribution is 14.1. The predicted molar refractivity (Wildman–Crippen MR) is 94.5 cm³/mol. The van der Waals surface area contributed by atoms with E-state index < -0.39 is 0 Å². The van der Waals surface area contributed by atoms with E-state index in [1.165, 1.54) is 40.4 Å². The molecule has 0 aliphatic heterocycles. The van der Waals surface area contributed by atoms with Gasteiger partial charge in [0.05, 0.1) is 16.8 Å². The number of nitrogens with one attached hydrogen (secondary N) is 1. The molecule has 20 heavy (non-hydrogen) atoms. The van der Waals surface area contributed by atoms with Crippen LogP contribution in [-0.2, 0) is 6.42 Å². The van der Waals surface area contributed by atoms with Gasteiger partial charge in [0.2, 0.25) is 0 Å². The smallest absolute Gasteiger partial charge is 0.0648 e. The molecule has 1 aliphatic rings. The van der Waals surface area contributed by atoms with Crippen LogP contribution in [0.25, 0.3) is 0 Å². The maximum atomic E-state index is 6.35. The molecule has 0 spiro atoms. The van der Waals surface area contributed by atoms with Crippen LogP contribution in [0.2, 0.25) is 5.02 Å². The summed E-state index contributed by atoms with van der Waals surface area (Å²) in [6.45, 7) is 0. The minimum absolute atomic E-state index is 0.367. The van der Waals surface area contributed by atoms with Gasteiger partial charge in [-0.3, -0.25) is 0 Å². The lowest BCUT2D eigenvalue weighted by Gasteiger charge is -2.21. The number of benzene rings is 2. The van der Waals surface area contributed by atoms with Crippen molar-refractivity contribution in [2.24, 2.45) is 0 Å². The van der Waals surface area contributed by atoms with Crippen molar-refractivity contribution in [3.8, 4) is 0 Å². The van der Waals surface area contributed by atoms with Gasteiger partial charge in [-0.2, -0.15) is 0 Å². The number of fused-ring (bicyclic) bond motifs is 1. The number of hydrogen-bond donors (Lipinski definition) is 1. The lowest BCUT2D eigenvalue weighted by atomic mass is 9.99. The summed E-state index contributed by atoms with van der Waals surface area (Å²) in [5, 5.41) is 4.44. The first kappa shape index (κ1) is 14.2. The molecule has 2 aromatic rings. The molecule has 3 heteroatoms. The molecule has 0 amide bonds. The van der Waals surface area contributed by atoms with Crippen LogP contribution in [0.3, 0.4) is 0 Å². The Morgan fingerprint density at radius 2 is 1.95 bits per heavy atom. The van der Waals surface area contributed by atoms with Gasteiger partial charge < -0.3 is 5.32 Å². The fourth-order valence-electron chi connectivity index (χ4n) is 2.87. The van der Waals surface area contributed by atoms with E-state index in [1.54, 1.807) is 0 Å². The molecule has 0 radical (unpaired) electrons. The van der Waals surface area contributed by atoms with Crippen molar-refractivity contribution in [1.82, 2.24) is 0 Å². The summed E-state index contributed by atoms with van der Waals surface area (Å²) >= 11 is 8.64. The van der Waals surface area contributed by atoms with Gasteiger partial charge in [-0.25, -0.2) is 0 Å². The first-order chi connectivity index (χ1) is 9.74. The summed E-state index contributed by atoms with van der Waals surface area (Å²) in [6, 6.07) is 15.3. The molecule has 0 saturated carbocycles. The molecule has 0 saturated heterocycles. The molecule has 3 rings (SSSR count). The minimum atomic E-state index is 0.367. The molecule has 1 aliphatic carbocycles. The Kier molecular flexibility index (Phi) is 4.51. The number of halogens is 2. The van der Waals surface area contributed by atoms with E-state index in [4.69, 9.17) is 11.6 Å². The fourth-order valence-corrected chi connectivity index (χ4v) is 3.78. The molecule has 0 aromatic heterocycles. The van der Waals surface area contributed by atoms with Crippen LogP contribution >= 0.6 is 34.2 Å². The van der Waals surface area contributed by atoms with E-state index in [2.05, 4.69) is 64.3 Å². The van der Waals surface area contributed by atoms with Crippen LogP contribution < -0.4 is 5.32 Å². The van der Waals surface area contributed by atoms with Crippen molar-refractivity contribution >= 4 is 39.9 Å². The standard InChI is InChI=1S/C17H17ClIN/c18-15-11-13(19)9-10-17(15)20-16-8-4-2-6-12-5-1-3-7-14(12)16/h1,3,5,7,9-11,16,20H,2,4,6,8H2. The number of hydrogen-bond acceptors (Lipinski definition) is 1. The van der Waals surface area contributed by atoms with E-state index in [0.29, 0.717) is 6.04 Å². The number of anilines is 1. The lowest BCUT2D eigenvalue weighted by Crippen LogP contribution is -2.11. The second-order valence-corrected chi connectivity index (χ2v) is 6.92. The summed E-state index contributed by atoms with van der Waals surface area (Å²) in [5.74, 6) is 0. The highest BCUT2D eigenvalue weighted by atomic mass is 127. The summed E-state index contributed by atoms with van der Waals surface area (Å²) < 4.78 is 1.17. The van der Waals surface area contributed by atoms with Crippen LogP contribution in [0.1, 0.15) is 36.4 Å². The Bertz CT molecular complexity index is 612. The predicted octanol–water partition coefficient (Wildman–Crippen LogP) is 5.82. The Morgan fingerprint density at radius 3 is 2.80 bits per heavy atom. The van der Waals surface area contributed by atoms with E-state index in [0.717, 1.165) is 10.7 Å². The van der Waals surface area contributed by atoms with E-state index in [1.807, 2.05) is 6.07 Å². The summed E-state index contributed by atoms with van der Waals surface area (Å²) in [5.41, 5.74) is 3.94. The van der Waals surface area contributed by atoms with Crippen LogP contribution in [0.5, 0.6) is 0 Å². The average molecular weight is 398 g/mol. The van der Waals surface area contributed by atoms with Gasteiger partial charge in [-0.05, 0) is 71.2 Å². The van der Waals surface area contributed by atoms with E-state index >= 15 is 0 Å². The SMILES string of the molecule is Clc1cc(I)ccc1NC1CCCCc2ccccc21.